The van der Waals surface area contributed by atoms with Gasteiger partial charge in [-0.15, -0.1) is 11.8 Å². The number of para-hydroxylation sites is 2. The highest BCUT2D eigenvalue weighted by Gasteiger charge is 2.69. The van der Waals surface area contributed by atoms with Crippen LogP contribution >= 0.6 is 11.8 Å². The smallest absolute Gasteiger partial charge is 0.249 e. The van der Waals surface area contributed by atoms with Gasteiger partial charge in [-0.25, -0.2) is 0 Å². The molecule has 4 heterocycles. The molecule has 6 nitrogen and oxygen atoms in total. The lowest BCUT2D eigenvalue weighted by Gasteiger charge is -2.44. The molecule has 1 aromatic heterocycles. The number of nitrogens with zero attached hydrogens (tertiary/aromatic N) is 2. The van der Waals surface area contributed by atoms with Crippen LogP contribution in [-0.2, 0) is 15.0 Å². The number of rotatable bonds is 1. The number of nitrogens with one attached hydrogen (secondary N) is 2. The van der Waals surface area contributed by atoms with Gasteiger partial charge in [-0.05, 0) is 29.7 Å². The summed E-state index contributed by atoms with van der Waals surface area (Å²) in [6, 6.07) is 16.5. The monoisotopic (exact) mass is 432 g/mol. The van der Waals surface area contributed by atoms with Crippen molar-refractivity contribution in [3.63, 3.8) is 0 Å². The normalized spacial score (nSPS) is 29.4. The Morgan fingerprint density at radius 3 is 2.74 bits per heavy atom. The average molecular weight is 433 g/mol. The van der Waals surface area contributed by atoms with E-state index < -0.39 is 11.0 Å². The molecule has 1 spiro atoms. The molecular formula is C24H24N4O2S. The Kier molecular flexibility index (Phi) is 3.82. The van der Waals surface area contributed by atoms with Crippen LogP contribution in [-0.4, -0.2) is 57.0 Å². The van der Waals surface area contributed by atoms with Crippen molar-refractivity contribution in [2.45, 2.75) is 30.5 Å². The van der Waals surface area contributed by atoms with Gasteiger partial charge in [0.1, 0.15) is 11.7 Å². The maximum atomic E-state index is 13.7. The summed E-state index contributed by atoms with van der Waals surface area (Å²) in [6.07, 6.45) is 2.31. The van der Waals surface area contributed by atoms with Crippen LogP contribution in [0, 0.1) is 0 Å². The lowest BCUT2D eigenvalue weighted by molar-refractivity contribution is -0.149. The number of H-pyrrole nitrogens is 1. The predicted octanol–water partition coefficient (Wildman–Crippen LogP) is 3.36. The molecule has 158 valence electrons. The molecule has 0 unspecified atom stereocenters. The summed E-state index contributed by atoms with van der Waals surface area (Å²) in [6.45, 7) is 1.59. The number of likely N-dealkylation sites (N-methyl/N-ethyl adjacent to an activating group) is 1. The second-order valence-corrected chi connectivity index (χ2v) is 9.84. The summed E-state index contributed by atoms with van der Waals surface area (Å²) in [5.41, 5.74) is 3.00. The highest BCUT2D eigenvalue weighted by atomic mass is 32.2. The third kappa shape index (κ3) is 2.24. The SMILES string of the molecule is CC(=O)N1[C@H]2Nc3ccccc3[C@@]2(c2c[nH]c3ccccc23)C[C@@]12CSCN(C)C2=O. The lowest BCUT2D eigenvalue weighted by Crippen LogP contribution is -2.63. The molecule has 6 rings (SSSR count). The molecule has 0 radical (unpaired) electrons. The first-order valence-electron chi connectivity index (χ1n) is 10.5. The van der Waals surface area contributed by atoms with Crippen LogP contribution in [0.5, 0.6) is 0 Å². The van der Waals surface area contributed by atoms with Crippen molar-refractivity contribution in [3.8, 4) is 0 Å². The third-order valence-corrected chi connectivity index (χ3v) is 8.49. The number of carbonyl (C=O) groups excluding carboxylic acids is 2. The Morgan fingerprint density at radius 2 is 1.90 bits per heavy atom. The summed E-state index contributed by atoms with van der Waals surface area (Å²) in [7, 11) is 1.84. The van der Waals surface area contributed by atoms with Gasteiger partial charge in [0.05, 0.1) is 11.3 Å². The molecule has 3 atom stereocenters. The number of hydrogen-bond donors (Lipinski definition) is 2. The number of carbonyl (C=O) groups is 2. The van der Waals surface area contributed by atoms with E-state index >= 15 is 0 Å². The summed E-state index contributed by atoms with van der Waals surface area (Å²) in [5.74, 6) is 1.23. The summed E-state index contributed by atoms with van der Waals surface area (Å²) < 4.78 is 0. The second-order valence-electron chi connectivity index (χ2n) is 8.89. The van der Waals surface area contributed by atoms with Crippen molar-refractivity contribution in [3.05, 3.63) is 65.9 Å². The fourth-order valence-electron chi connectivity index (χ4n) is 6.12. The minimum atomic E-state index is -0.868. The zero-order chi connectivity index (χ0) is 21.4. The topological polar surface area (TPSA) is 68.4 Å². The number of benzene rings is 2. The summed E-state index contributed by atoms with van der Waals surface area (Å²) >= 11 is 1.72. The lowest BCUT2D eigenvalue weighted by atomic mass is 9.70. The Bertz CT molecular complexity index is 1240. The standard InChI is InChI=1S/C24H24N4O2S/c1-15(29)28-21-24(17-8-4-6-10-20(17)26-21,12-23(28)13-31-14-27(2)22(23)30)18-11-25-19-9-5-3-7-16(18)19/h3-11,21,25-26H,12-14H2,1-2H3/t21-,23+,24-/m1/s1. The number of fused-ring (bicyclic) bond motifs is 4. The summed E-state index contributed by atoms with van der Waals surface area (Å²) in [5, 5.41) is 4.77. The van der Waals surface area contributed by atoms with Crippen molar-refractivity contribution in [2.75, 3.05) is 24.0 Å². The van der Waals surface area contributed by atoms with E-state index in [0.717, 1.165) is 27.7 Å². The highest BCUT2D eigenvalue weighted by Crippen LogP contribution is 2.60. The van der Waals surface area contributed by atoms with Crippen molar-refractivity contribution < 1.29 is 9.59 Å². The van der Waals surface area contributed by atoms with Crippen LogP contribution in [0.25, 0.3) is 10.9 Å². The first-order valence-corrected chi connectivity index (χ1v) is 11.7. The van der Waals surface area contributed by atoms with Gasteiger partial charge >= 0.3 is 0 Å². The zero-order valence-electron chi connectivity index (χ0n) is 17.5. The van der Waals surface area contributed by atoms with E-state index in [0.29, 0.717) is 18.1 Å². The molecule has 0 aliphatic carbocycles. The molecule has 0 bridgehead atoms. The van der Waals surface area contributed by atoms with Gasteiger partial charge in [0.25, 0.3) is 0 Å². The number of amides is 2. The minimum absolute atomic E-state index is 0.0364. The Hall–Kier alpha value is -2.93. The molecule has 7 heteroatoms. The van der Waals surface area contributed by atoms with Crippen molar-refractivity contribution in [1.82, 2.24) is 14.8 Å². The van der Waals surface area contributed by atoms with E-state index in [1.54, 1.807) is 23.6 Å². The molecule has 3 aliphatic heterocycles. The van der Waals surface area contributed by atoms with Crippen molar-refractivity contribution in [2.24, 2.45) is 0 Å². The highest BCUT2D eigenvalue weighted by molar-refractivity contribution is 7.99. The Labute approximate surface area is 185 Å². The van der Waals surface area contributed by atoms with E-state index in [2.05, 4.69) is 40.8 Å². The van der Waals surface area contributed by atoms with E-state index in [1.807, 2.05) is 36.2 Å². The number of aromatic amines is 1. The van der Waals surface area contributed by atoms with Gasteiger partial charge in [-0.2, -0.15) is 0 Å². The number of likely N-dealkylation sites (tertiary alicyclic amines) is 1. The first kappa shape index (κ1) is 18.8. The van der Waals surface area contributed by atoms with E-state index in [1.165, 1.54) is 0 Å². The van der Waals surface area contributed by atoms with Crippen LogP contribution in [0.2, 0.25) is 0 Å². The van der Waals surface area contributed by atoms with Gasteiger partial charge in [-0.3, -0.25) is 9.59 Å². The van der Waals surface area contributed by atoms with Crippen LogP contribution in [0.4, 0.5) is 5.69 Å². The molecule has 2 aromatic carbocycles. The van der Waals surface area contributed by atoms with Gasteiger partial charge in [0, 0.05) is 42.5 Å². The Morgan fingerprint density at radius 1 is 1.13 bits per heavy atom. The van der Waals surface area contributed by atoms with Gasteiger partial charge in [0.15, 0.2) is 0 Å². The van der Waals surface area contributed by atoms with Crippen LogP contribution in [0.3, 0.4) is 0 Å². The third-order valence-electron chi connectivity index (χ3n) is 7.24. The molecule has 3 aliphatic rings. The van der Waals surface area contributed by atoms with E-state index in [9.17, 15) is 9.59 Å². The largest absolute Gasteiger partial charge is 0.364 e. The molecule has 0 saturated carbocycles. The summed E-state index contributed by atoms with van der Waals surface area (Å²) in [4.78, 5) is 33.8. The molecule has 31 heavy (non-hydrogen) atoms. The van der Waals surface area contributed by atoms with E-state index in [4.69, 9.17) is 0 Å². The molecule has 2 saturated heterocycles. The molecule has 3 aromatic rings. The predicted molar refractivity (Wildman–Crippen MR) is 123 cm³/mol. The zero-order valence-corrected chi connectivity index (χ0v) is 18.3. The first-order chi connectivity index (χ1) is 15.0. The fraction of sp³-hybridized carbons (Fsp3) is 0.333. The van der Waals surface area contributed by atoms with Crippen LogP contribution in [0.15, 0.2) is 54.7 Å². The fourth-order valence-corrected chi connectivity index (χ4v) is 7.31. The van der Waals surface area contributed by atoms with Crippen LogP contribution in [0.1, 0.15) is 24.5 Å². The van der Waals surface area contributed by atoms with Crippen molar-refractivity contribution in [1.29, 1.82) is 0 Å². The maximum absolute atomic E-state index is 13.7. The second kappa shape index (κ2) is 6.29. The molecule has 2 N–H and O–H groups in total. The number of aromatic nitrogens is 1. The molecular weight excluding hydrogens is 408 g/mol. The average Bonchev–Trinajstić information content (AvgIpc) is 3.40. The van der Waals surface area contributed by atoms with Crippen molar-refractivity contribution >= 4 is 40.2 Å². The van der Waals surface area contributed by atoms with Gasteiger partial charge in [-0.1, -0.05) is 36.4 Å². The maximum Gasteiger partial charge on any atom is 0.249 e. The number of anilines is 1. The Balaban J connectivity index is 1.66. The van der Waals surface area contributed by atoms with E-state index in [-0.39, 0.29) is 18.0 Å². The number of thioether (sulfide) groups is 1. The molecule has 2 amide bonds. The minimum Gasteiger partial charge on any atom is -0.364 e. The van der Waals surface area contributed by atoms with Gasteiger partial charge < -0.3 is 20.1 Å². The van der Waals surface area contributed by atoms with Gasteiger partial charge in [0.2, 0.25) is 11.8 Å². The quantitative estimate of drug-likeness (QED) is 0.619. The van der Waals surface area contributed by atoms with Crippen LogP contribution < -0.4 is 5.32 Å². The molecule has 2 fully saturated rings. The number of hydrogen-bond acceptors (Lipinski definition) is 4.